The fraction of sp³-hybridized carbons (Fsp3) is 0.286. The van der Waals surface area contributed by atoms with Crippen LogP contribution in [0.25, 0.3) is 5.65 Å². The van der Waals surface area contributed by atoms with Crippen molar-refractivity contribution in [1.29, 1.82) is 0 Å². The largest absolute Gasteiger partial charge is 0.444 e. The highest BCUT2D eigenvalue weighted by molar-refractivity contribution is 6.04. The van der Waals surface area contributed by atoms with E-state index < -0.39 is 17.7 Å². The van der Waals surface area contributed by atoms with Gasteiger partial charge in [-0.3, -0.25) is 9.20 Å². The van der Waals surface area contributed by atoms with Crippen LogP contribution >= 0.6 is 0 Å². The molecular formula is C21H24N4O3. The lowest BCUT2D eigenvalue weighted by molar-refractivity contribution is 0.0491. The molecule has 3 aromatic rings. The Morgan fingerprint density at radius 3 is 2.50 bits per heavy atom. The van der Waals surface area contributed by atoms with Crippen LogP contribution in [0.1, 0.15) is 36.8 Å². The summed E-state index contributed by atoms with van der Waals surface area (Å²) in [5, 5.41) is 2.69. The number of nitrogens with two attached hydrogens (primary N) is 1. The van der Waals surface area contributed by atoms with Crippen LogP contribution in [0.4, 0.5) is 10.6 Å². The molecule has 0 bridgehead atoms. The zero-order chi connectivity index (χ0) is 20.3. The number of hydrogen-bond acceptors (Lipinski definition) is 5. The molecule has 0 aliphatic heterocycles. The normalized spacial score (nSPS) is 12.5. The number of nitrogens with one attached hydrogen (secondary N) is 1. The Bertz CT molecular complexity index is 990. The van der Waals surface area contributed by atoms with E-state index in [-0.39, 0.29) is 17.3 Å². The highest BCUT2D eigenvalue weighted by Gasteiger charge is 2.29. The van der Waals surface area contributed by atoms with Crippen molar-refractivity contribution in [2.45, 2.75) is 38.8 Å². The molecule has 1 aromatic carbocycles. The van der Waals surface area contributed by atoms with Gasteiger partial charge in [0.05, 0.1) is 0 Å². The Labute approximate surface area is 163 Å². The van der Waals surface area contributed by atoms with Crippen molar-refractivity contribution < 1.29 is 14.3 Å². The molecule has 0 aliphatic rings. The number of ketones is 1. The molecule has 28 heavy (non-hydrogen) atoms. The lowest BCUT2D eigenvalue weighted by Gasteiger charge is -2.23. The minimum atomic E-state index is -0.848. The van der Waals surface area contributed by atoms with E-state index in [0.717, 1.165) is 5.56 Å². The second-order valence-corrected chi connectivity index (χ2v) is 7.53. The number of carbonyl (C=O) groups is 2. The summed E-state index contributed by atoms with van der Waals surface area (Å²) in [4.78, 5) is 29.9. The average Bonchev–Trinajstić information content (AvgIpc) is 2.95. The van der Waals surface area contributed by atoms with Gasteiger partial charge in [0, 0.05) is 12.6 Å². The molecule has 0 fully saturated rings. The van der Waals surface area contributed by atoms with Crippen LogP contribution in [0.3, 0.4) is 0 Å². The number of rotatable bonds is 5. The molecule has 2 aromatic heterocycles. The van der Waals surface area contributed by atoms with Crippen molar-refractivity contribution in [1.82, 2.24) is 14.7 Å². The maximum absolute atomic E-state index is 13.3. The summed E-state index contributed by atoms with van der Waals surface area (Å²) in [6.07, 6.45) is 1.37. The van der Waals surface area contributed by atoms with E-state index in [1.807, 2.05) is 36.4 Å². The molecule has 1 amide bonds. The van der Waals surface area contributed by atoms with Crippen LogP contribution < -0.4 is 11.1 Å². The molecule has 0 saturated heterocycles. The number of fused-ring (bicyclic) bond motifs is 1. The number of Topliss-reactive ketones (excluding diaryl/α,β-unsaturated/α-hetero) is 1. The van der Waals surface area contributed by atoms with E-state index in [1.165, 1.54) is 0 Å². The highest BCUT2D eigenvalue weighted by Crippen LogP contribution is 2.18. The van der Waals surface area contributed by atoms with E-state index in [4.69, 9.17) is 10.5 Å². The fourth-order valence-corrected chi connectivity index (χ4v) is 2.93. The summed E-state index contributed by atoms with van der Waals surface area (Å²) in [6.45, 7) is 5.30. The summed E-state index contributed by atoms with van der Waals surface area (Å²) in [5.74, 6) is -0.203. The molecule has 3 N–H and O–H groups in total. The van der Waals surface area contributed by atoms with Crippen molar-refractivity contribution >= 4 is 23.3 Å². The minimum absolute atomic E-state index is 0.125. The van der Waals surface area contributed by atoms with Crippen molar-refractivity contribution in [3.05, 3.63) is 66.0 Å². The molecule has 0 unspecified atom stereocenters. The first-order valence-electron chi connectivity index (χ1n) is 9.05. The number of imidazole rings is 1. The average molecular weight is 380 g/mol. The smallest absolute Gasteiger partial charge is 0.408 e. The second kappa shape index (κ2) is 7.72. The number of aromatic nitrogens is 2. The van der Waals surface area contributed by atoms with Crippen LogP contribution in [0.15, 0.2) is 54.7 Å². The van der Waals surface area contributed by atoms with Gasteiger partial charge in [0.25, 0.3) is 0 Å². The van der Waals surface area contributed by atoms with Crippen molar-refractivity contribution in [3.8, 4) is 0 Å². The third-order valence-corrected chi connectivity index (χ3v) is 4.08. The number of nitrogen functional groups attached to an aromatic ring is 1. The molecule has 0 aliphatic carbocycles. The summed E-state index contributed by atoms with van der Waals surface area (Å²) >= 11 is 0. The van der Waals surface area contributed by atoms with Gasteiger partial charge in [-0.25, -0.2) is 9.78 Å². The Hall–Kier alpha value is -3.35. The number of ether oxygens (including phenoxy) is 1. The number of amides is 1. The predicted molar refractivity (Wildman–Crippen MR) is 107 cm³/mol. The van der Waals surface area contributed by atoms with Crippen LogP contribution in [-0.2, 0) is 11.2 Å². The van der Waals surface area contributed by atoms with Gasteiger partial charge in [-0.15, -0.1) is 0 Å². The van der Waals surface area contributed by atoms with Crippen LogP contribution in [0.5, 0.6) is 0 Å². The summed E-state index contributed by atoms with van der Waals surface area (Å²) in [6, 6.07) is 14.0. The number of nitrogens with zero attached hydrogens (tertiary/aromatic N) is 2. The van der Waals surface area contributed by atoms with Crippen molar-refractivity contribution in [2.75, 3.05) is 5.73 Å². The molecule has 0 spiro atoms. The van der Waals surface area contributed by atoms with E-state index in [2.05, 4.69) is 10.3 Å². The first-order valence-corrected chi connectivity index (χ1v) is 9.05. The van der Waals surface area contributed by atoms with Crippen LogP contribution in [0.2, 0.25) is 0 Å². The Balaban J connectivity index is 1.93. The number of alkyl carbamates (subject to hydrolysis) is 1. The minimum Gasteiger partial charge on any atom is -0.444 e. The Morgan fingerprint density at radius 1 is 1.14 bits per heavy atom. The van der Waals surface area contributed by atoms with Crippen molar-refractivity contribution in [3.63, 3.8) is 0 Å². The molecule has 0 saturated carbocycles. The number of pyridine rings is 1. The van der Waals surface area contributed by atoms with Crippen molar-refractivity contribution in [2.24, 2.45) is 0 Å². The van der Waals surface area contributed by atoms with Gasteiger partial charge in [0.15, 0.2) is 5.82 Å². The zero-order valence-corrected chi connectivity index (χ0v) is 16.2. The van der Waals surface area contributed by atoms with Gasteiger partial charge in [-0.1, -0.05) is 36.4 Å². The van der Waals surface area contributed by atoms with Gasteiger partial charge in [-0.2, -0.15) is 0 Å². The van der Waals surface area contributed by atoms with Gasteiger partial charge in [0.2, 0.25) is 5.78 Å². The molecule has 0 radical (unpaired) electrons. The molecule has 1 atom stereocenters. The summed E-state index contributed by atoms with van der Waals surface area (Å²) < 4.78 is 6.97. The van der Waals surface area contributed by atoms with Gasteiger partial charge in [0.1, 0.15) is 23.0 Å². The van der Waals surface area contributed by atoms with E-state index >= 15 is 0 Å². The molecule has 3 rings (SSSR count). The maximum Gasteiger partial charge on any atom is 0.408 e. The highest BCUT2D eigenvalue weighted by atomic mass is 16.6. The summed E-state index contributed by atoms with van der Waals surface area (Å²) in [7, 11) is 0. The van der Waals surface area contributed by atoms with Crippen LogP contribution in [0, 0.1) is 0 Å². The number of benzene rings is 1. The van der Waals surface area contributed by atoms with Gasteiger partial charge in [-0.05, 0) is 38.5 Å². The molecule has 7 nitrogen and oxygen atoms in total. The quantitative estimate of drug-likeness (QED) is 0.662. The number of anilines is 1. The molecular weight excluding hydrogens is 356 g/mol. The van der Waals surface area contributed by atoms with E-state index in [1.54, 1.807) is 43.5 Å². The first kappa shape index (κ1) is 19.4. The monoisotopic (exact) mass is 380 g/mol. The fourth-order valence-electron chi connectivity index (χ4n) is 2.93. The second-order valence-electron chi connectivity index (χ2n) is 7.53. The zero-order valence-electron chi connectivity index (χ0n) is 16.2. The maximum atomic E-state index is 13.3. The molecule has 2 heterocycles. The lowest BCUT2D eigenvalue weighted by Crippen LogP contribution is -2.45. The number of hydrogen-bond donors (Lipinski definition) is 2. The third kappa shape index (κ3) is 4.49. The van der Waals surface area contributed by atoms with Gasteiger partial charge < -0.3 is 15.8 Å². The molecule has 146 valence electrons. The number of carbonyl (C=O) groups excluding carboxylic acids is 2. The Kier molecular flexibility index (Phi) is 5.35. The predicted octanol–water partition coefficient (Wildman–Crippen LogP) is 3.24. The lowest BCUT2D eigenvalue weighted by atomic mass is 10.0. The topological polar surface area (TPSA) is 98.7 Å². The summed E-state index contributed by atoms with van der Waals surface area (Å²) in [5.41, 5.74) is 7.07. The Morgan fingerprint density at radius 2 is 1.82 bits per heavy atom. The van der Waals surface area contributed by atoms with Crippen LogP contribution in [-0.4, -0.2) is 32.9 Å². The van der Waals surface area contributed by atoms with Gasteiger partial charge >= 0.3 is 6.09 Å². The van der Waals surface area contributed by atoms with E-state index in [9.17, 15) is 9.59 Å². The third-order valence-electron chi connectivity index (χ3n) is 4.08. The SMILES string of the molecule is CC(C)(C)OC(=O)N[C@H](Cc1ccccc1)C(=O)c1c(N)nc2ccccn12. The molecule has 7 heteroatoms. The standard InChI is InChI=1S/C21H24N4O3/c1-21(2,3)28-20(27)23-15(13-14-9-5-4-6-10-14)18(26)17-19(22)24-16-11-7-8-12-25(16)17/h4-12,15H,13,22H2,1-3H3,(H,23,27)/t15-/m1/s1. The van der Waals surface area contributed by atoms with E-state index in [0.29, 0.717) is 12.1 Å². The first-order chi connectivity index (χ1) is 13.2.